The number of carbonyl (C=O) groups is 3. The zero-order valence-electron chi connectivity index (χ0n) is 21.7. The highest BCUT2D eigenvalue weighted by Gasteiger charge is 2.61. The summed E-state index contributed by atoms with van der Waals surface area (Å²) < 4.78 is 17.2. The fourth-order valence-electron chi connectivity index (χ4n) is 4.79. The van der Waals surface area contributed by atoms with E-state index in [2.05, 4.69) is 16.9 Å². The summed E-state index contributed by atoms with van der Waals surface area (Å²) in [6.45, 7) is 10.9. The molecule has 4 rings (SSSR count). The van der Waals surface area contributed by atoms with Crippen LogP contribution in [0.15, 0.2) is 37.1 Å². The maximum absolute atomic E-state index is 13.3. The van der Waals surface area contributed by atoms with Gasteiger partial charge in [0.05, 0.1) is 19.2 Å². The van der Waals surface area contributed by atoms with E-state index in [1.807, 2.05) is 19.1 Å². The Balaban J connectivity index is 1.60. The highest BCUT2D eigenvalue weighted by Crippen LogP contribution is 2.45. The van der Waals surface area contributed by atoms with E-state index in [4.69, 9.17) is 14.2 Å². The fourth-order valence-corrected chi connectivity index (χ4v) is 4.79. The molecule has 0 bridgehead atoms. The monoisotopic (exact) mass is 511 g/mol. The van der Waals surface area contributed by atoms with E-state index in [0.717, 1.165) is 16.5 Å². The number of carbonyl (C=O) groups excluding carboxylic acids is 2. The Bertz CT molecular complexity index is 1250. The molecule has 1 saturated carbocycles. The maximum atomic E-state index is 13.3. The molecule has 37 heavy (non-hydrogen) atoms. The molecule has 10 nitrogen and oxygen atoms in total. The van der Waals surface area contributed by atoms with Gasteiger partial charge in [-0.3, -0.25) is 14.7 Å². The van der Waals surface area contributed by atoms with Crippen LogP contribution in [0.2, 0.25) is 0 Å². The Hall–Kier alpha value is -3.82. The third kappa shape index (κ3) is 5.05. The molecule has 2 aliphatic rings. The van der Waals surface area contributed by atoms with Gasteiger partial charge in [-0.15, -0.1) is 6.58 Å². The highest BCUT2D eigenvalue weighted by molar-refractivity contribution is 5.94. The number of amides is 2. The van der Waals surface area contributed by atoms with Crippen LogP contribution in [0.25, 0.3) is 10.9 Å². The topological polar surface area (TPSA) is 127 Å². The zero-order chi connectivity index (χ0) is 27.1. The summed E-state index contributed by atoms with van der Waals surface area (Å²) in [4.78, 5) is 44.1. The second kappa shape index (κ2) is 9.57. The lowest BCUT2D eigenvalue weighted by Gasteiger charge is -2.28. The van der Waals surface area contributed by atoms with Crippen LogP contribution in [0, 0.1) is 12.8 Å². The van der Waals surface area contributed by atoms with Gasteiger partial charge in [-0.2, -0.15) is 0 Å². The number of nitrogens with one attached hydrogen (secondary N) is 1. The first-order chi connectivity index (χ1) is 17.4. The standard InChI is InChI=1S/C27H33N3O7/c1-7-16-13-27(16,24(32)33)29-23(31)19-12-17(14-30(19)25(34)37-26(3,4)5)36-21-10-11-28-22-15(2)20(35-6)9-8-18(21)22/h7-11,16-17,19H,1,12-14H2,2-6H3,(H,29,31)(H,32,33)/t16-,17-,19+,27-/m1/s1. The number of aryl methyl sites for hydroxylation is 1. The van der Waals surface area contributed by atoms with Crippen molar-refractivity contribution in [2.24, 2.45) is 5.92 Å². The summed E-state index contributed by atoms with van der Waals surface area (Å²) in [5.41, 5.74) is -0.595. The molecular formula is C27H33N3O7. The molecule has 2 N–H and O–H groups in total. The average molecular weight is 512 g/mol. The second-order valence-corrected chi connectivity index (χ2v) is 10.5. The number of pyridine rings is 1. The number of carboxylic acids is 1. The van der Waals surface area contributed by atoms with Gasteiger partial charge in [-0.25, -0.2) is 9.59 Å². The van der Waals surface area contributed by atoms with Gasteiger partial charge in [-0.05, 0) is 52.3 Å². The third-order valence-corrected chi connectivity index (χ3v) is 6.81. The molecule has 1 aliphatic carbocycles. The van der Waals surface area contributed by atoms with E-state index in [-0.39, 0.29) is 25.3 Å². The minimum absolute atomic E-state index is 0.0942. The number of ether oxygens (including phenoxy) is 3. The van der Waals surface area contributed by atoms with Crippen LogP contribution in [0.5, 0.6) is 11.5 Å². The molecule has 1 aromatic carbocycles. The summed E-state index contributed by atoms with van der Waals surface area (Å²) in [5, 5.41) is 13.2. The number of fused-ring (bicyclic) bond motifs is 1. The lowest BCUT2D eigenvalue weighted by atomic mass is 10.1. The van der Waals surface area contributed by atoms with Gasteiger partial charge in [0.25, 0.3) is 0 Å². The summed E-state index contributed by atoms with van der Waals surface area (Å²) in [6, 6.07) is 4.46. The van der Waals surface area contributed by atoms with E-state index in [0.29, 0.717) is 11.5 Å². The zero-order valence-corrected chi connectivity index (χ0v) is 21.7. The number of nitrogens with zero attached hydrogens (tertiary/aromatic N) is 2. The van der Waals surface area contributed by atoms with Crippen LogP contribution in [-0.2, 0) is 14.3 Å². The fraction of sp³-hybridized carbons (Fsp3) is 0.481. The van der Waals surface area contributed by atoms with Crippen LogP contribution in [-0.4, -0.2) is 69.9 Å². The summed E-state index contributed by atoms with van der Waals surface area (Å²) in [7, 11) is 1.59. The molecule has 0 unspecified atom stereocenters. The molecule has 0 spiro atoms. The Kier molecular flexibility index (Phi) is 6.79. The first kappa shape index (κ1) is 26.2. The lowest BCUT2D eigenvalue weighted by Crippen LogP contribution is -2.53. The van der Waals surface area contributed by atoms with Crippen molar-refractivity contribution in [2.75, 3.05) is 13.7 Å². The normalized spacial score (nSPS) is 24.9. The maximum Gasteiger partial charge on any atom is 0.411 e. The largest absolute Gasteiger partial charge is 0.496 e. The summed E-state index contributed by atoms with van der Waals surface area (Å²) in [6.07, 6.45) is 2.37. The van der Waals surface area contributed by atoms with Crippen molar-refractivity contribution in [3.05, 3.63) is 42.6 Å². The van der Waals surface area contributed by atoms with Crippen LogP contribution in [0.1, 0.15) is 39.2 Å². The Morgan fingerprint density at radius 3 is 2.57 bits per heavy atom. The number of aliphatic carboxylic acids is 1. The number of hydrogen-bond acceptors (Lipinski definition) is 7. The van der Waals surface area contributed by atoms with Crippen molar-refractivity contribution in [2.45, 2.75) is 63.8 Å². The molecule has 2 amide bonds. The van der Waals surface area contributed by atoms with Crippen LogP contribution in [0.4, 0.5) is 4.79 Å². The van der Waals surface area contributed by atoms with Crippen molar-refractivity contribution in [3.63, 3.8) is 0 Å². The minimum Gasteiger partial charge on any atom is -0.496 e. The molecule has 0 radical (unpaired) electrons. The molecule has 4 atom stereocenters. The first-order valence-electron chi connectivity index (χ1n) is 12.2. The smallest absolute Gasteiger partial charge is 0.411 e. The average Bonchev–Trinajstić information content (AvgIpc) is 3.38. The molecule has 1 saturated heterocycles. The molecule has 1 aromatic heterocycles. The van der Waals surface area contributed by atoms with E-state index in [1.165, 1.54) is 11.0 Å². The van der Waals surface area contributed by atoms with E-state index in [1.54, 1.807) is 40.1 Å². The van der Waals surface area contributed by atoms with Gasteiger partial charge in [0.2, 0.25) is 5.91 Å². The van der Waals surface area contributed by atoms with E-state index >= 15 is 0 Å². The van der Waals surface area contributed by atoms with Gasteiger partial charge in [0, 0.05) is 29.5 Å². The number of likely N-dealkylation sites (tertiary alicyclic amines) is 1. The molecule has 2 fully saturated rings. The summed E-state index contributed by atoms with van der Waals surface area (Å²) >= 11 is 0. The number of hydrogen-bond donors (Lipinski definition) is 2. The SMILES string of the molecule is C=C[C@@H]1C[C@]1(NC(=O)[C@@H]1C[C@@H](Oc2ccnc3c(C)c(OC)ccc23)CN1C(=O)OC(C)(C)C)C(=O)O. The van der Waals surface area contributed by atoms with Crippen LogP contribution in [0.3, 0.4) is 0 Å². The Morgan fingerprint density at radius 1 is 1.24 bits per heavy atom. The third-order valence-electron chi connectivity index (χ3n) is 6.81. The van der Waals surface area contributed by atoms with E-state index in [9.17, 15) is 19.5 Å². The van der Waals surface area contributed by atoms with Crippen molar-refractivity contribution in [3.8, 4) is 11.5 Å². The van der Waals surface area contributed by atoms with E-state index < -0.39 is 41.3 Å². The quantitative estimate of drug-likeness (QED) is 0.541. The van der Waals surface area contributed by atoms with Crippen molar-refractivity contribution < 1.29 is 33.7 Å². The van der Waals surface area contributed by atoms with Crippen LogP contribution >= 0.6 is 0 Å². The highest BCUT2D eigenvalue weighted by atomic mass is 16.6. The molecule has 2 aromatic rings. The predicted molar refractivity (Wildman–Crippen MR) is 136 cm³/mol. The first-order valence-corrected chi connectivity index (χ1v) is 12.2. The number of methoxy groups -OCH3 is 1. The number of aromatic nitrogens is 1. The van der Waals surface area contributed by atoms with Gasteiger partial charge in [-0.1, -0.05) is 6.08 Å². The molecule has 1 aliphatic heterocycles. The number of carboxylic acid groups (broad SMARTS) is 1. The Morgan fingerprint density at radius 2 is 1.97 bits per heavy atom. The van der Waals surface area contributed by atoms with Crippen LogP contribution < -0.4 is 14.8 Å². The molecule has 2 heterocycles. The predicted octanol–water partition coefficient (Wildman–Crippen LogP) is 3.45. The van der Waals surface area contributed by atoms with Crippen molar-refractivity contribution >= 4 is 28.9 Å². The van der Waals surface area contributed by atoms with Gasteiger partial charge >= 0.3 is 12.1 Å². The number of rotatable bonds is 7. The summed E-state index contributed by atoms with van der Waals surface area (Å²) in [5.74, 6) is -0.808. The molecular weight excluding hydrogens is 478 g/mol. The van der Waals surface area contributed by atoms with Gasteiger partial charge < -0.3 is 24.6 Å². The van der Waals surface area contributed by atoms with Crippen molar-refractivity contribution in [1.82, 2.24) is 15.2 Å². The van der Waals surface area contributed by atoms with Gasteiger partial charge in [0.15, 0.2) is 0 Å². The second-order valence-electron chi connectivity index (χ2n) is 10.5. The van der Waals surface area contributed by atoms with Gasteiger partial charge in [0.1, 0.15) is 34.8 Å². The van der Waals surface area contributed by atoms with Crippen molar-refractivity contribution in [1.29, 1.82) is 0 Å². The lowest BCUT2D eigenvalue weighted by molar-refractivity contribution is -0.144. The molecule has 198 valence electrons. The number of benzene rings is 1. The Labute approximate surface area is 215 Å². The minimum atomic E-state index is -1.41. The molecule has 10 heteroatoms.